The number of carboxylic acids is 1. The molecule has 0 spiro atoms. The average Bonchev–Trinajstić information content (AvgIpc) is 3.43. The number of nitro benzene ring substituents is 1. The molecular weight excluding hydrogens is 510 g/mol. The first-order chi connectivity index (χ1) is 19.2. The van der Waals surface area contributed by atoms with Crippen LogP contribution in [0.4, 0.5) is 5.69 Å². The number of amides is 2. The Morgan fingerprint density at radius 2 is 1.62 bits per heavy atom. The van der Waals surface area contributed by atoms with E-state index >= 15 is 0 Å². The molecule has 5 rings (SSSR count). The lowest BCUT2D eigenvalue weighted by Crippen LogP contribution is -2.57. The zero-order valence-electron chi connectivity index (χ0n) is 21.3. The van der Waals surface area contributed by atoms with Crippen molar-refractivity contribution >= 4 is 35.6 Å². The molecule has 2 heterocycles. The van der Waals surface area contributed by atoms with Gasteiger partial charge in [-0.2, -0.15) is 0 Å². The topological polar surface area (TPSA) is 130 Å². The first kappa shape index (κ1) is 26.5. The van der Waals surface area contributed by atoms with Gasteiger partial charge in [-0.25, -0.2) is 0 Å². The number of hydrogen-bond donors (Lipinski definition) is 2. The lowest BCUT2D eigenvalue weighted by molar-refractivity contribution is -0.384. The molecule has 2 fully saturated rings. The molecule has 4 atom stereocenters. The van der Waals surface area contributed by atoms with E-state index in [1.54, 1.807) is 0 Å². The molecule has 2 amide bonds. The van der Waals surface area contributed by atoms with Crippen LogP contribution in [0.15, 0.2) is 78.9 Å². The van der Waals surface area contributed by atoms with E-state index in [1.165, 1.54) is 24.3 Å². The number of aliphatic carboxylic acids is 1. The summed E-state index contributed by atoms with van der Waals surface area (Å²) < 4.78 is 0. The van der Waals surface area contributed by atoms with Gasteiger partial charge in [0.1, 0.15) is 5.54 Å². The van der Waals surface area contributed by atoms with Crippen LogP contribution in [0, 0.1) is 34.3 Å². The van der Waals surface area contributed by atoms with E-state index < -0.39 is 46.1 Å². The Morgan fingerprint density at radius 3 is 2.20 bits per heavy atom. The Balaban J connectivity index is 1.51. The molecule has 2 saturated heterocycles. The van der Waals surface area contributed by atoms with E-state index in [9.17, 15) is 29.6 Å². The molecule has 200 valence electrons. The van der Waals surface area contributed by atoms with Gasteiger partial charge in [-0.05, 0) is 22.3 Å². The van der Waals surface area contributed by atoms with Gasteiger partial charge in [0.25, 0.3) is 5.69 Å². The number of likely N-dealkylation sites (tertiary alicyclic amines) is 1. The molecule has 3 aromatic rings. The number of benzene rings is 3. The monoisotopic (exact) mass is 535 g/mol. The number of terminal acetylenes is 1. The zero-order chi connectivity index (χ0) is 28.4. The lowest BCUT2D eigenvalue weighted by atomic mass is 9.76. The van der Waals surface area contributed by atoms with Crippen LogP contribution in [0.5, 0.6) is 0 Å². The molecule has 2 N–H and O–H groups in total. The second-order valence-corrected chi connectivity index (χ2v) is 9.88. The highest BCUT2D eigenvalue weighted by molar-refractivity contribution is 6.09. The molecule has 40 heavy (non-hydrogen) atoms. The number of rotatable bonds is 8. The molecule has 0 aromatic heterocycles. The summed E-state index contributed by atoms with van der Waals surface area (Å²) in [4.78, 5) is 51.4. The molecule has 3 aromatic carbocycles. The van der Waals surface area contributed by atoms with Crippen molar-refractivity contribution in [2.75, 3.05) is 6.54 Å². The van der Waals surface area contributed by atoms with Crippen LogP contribution < -0.4 is 5.32 Å². The Bertz CT molecular complexity index is 1540. The summed E-state index contributed by atoms with van der Waals surface area (Å²) in [6, 6.07) is 21.8. The molecule has 9 heteroatoms. The van der Waals surface area contributed by atoms with Crippen LogP contribution in [0.3, 0.4) is 0 Å². The van der Waals surface area contributed by atoms with Crippen LogP contribution >= 0.6 is 0 Å². The average molecular weight is 536 g/mol. The van der Waals surface area contributed by atoms with Crippen molar-refractivity contribution in [2.45, 2.75) is 18.0 Å². The van der Waals surface area contributed by atoms with Crippen LogP contribution in [0.1, 0.15) is 28.3 Å². The van der Waals surface area contributed by atoms with Gasteiger partial charge in [-0.15, -0.1) is 6.42 Å². The van der Waals surface area contributed by atoms with Crippen LogP contribution in [-0.2, 0) is 20.8 Å². The largest absolute Gasteiger partial charge is 0.480 e. The summed E-state index contributed by atoms with van der Waals surface area (Å²) in [5.74, 6) is -2.35. The fourth-order valence-electron chi connectivity index (χ4n) is 5.66. The Hall–Kier alpha value is -5.07. The van der Waals surface area contributed by atoms with Crippen molar-refractivity contribution in [3.05, 3.63) is 111 Å². The number of carboxylic acid groups (broad SMARTS) is 1. The molecule has 4 unspecified atom stereocenters. The van der Waals surface area contributed by atoms with Crippen molar-refractivity contribution in [1.82, 2.24) is 10.2 Å². The highest BCUT2D eigenvalue weighted by Gasteiger charge is 2.68. The third-order valence-electron chi connectivity index (χ3n) is 7.57. The number of imide groups is 1. The SMILES string of the molecule is C#CCN1C(=O)C2C(c3ccc(C=Cc4ccccc4)cc3)NC(Cc3ccc([N+](=O)[O-])cc3)(C(=O)O)C2C1=O. The van der Waals surface area contributed by atoms with Gasteiger partial charge in [0.15, 0.2) is 0 Å². The predicted octanol–water partition coefficient (Wildman–Crippen LogP) is 3.71. The van der Waals surface area contributed by atoms with Gasteiger partial charge in [0, 0.05) is 24.6 Å². The maximum absolute atomic E-state index is 13.5. The third kappa shape index (κ3) is 4.65. The molecule has 0 bridgehead atoms. The van der Waals surface area contributed by atoms with E-state index in [4.69, 9.17) is 6.42 Å². The maximum Gasteiger partial charge on any atom is 0.325 e. The van der Waals surface area contributed by atoms with E-state index in [2.05, 4.69) is 11.2 Å². The first-order valence-electron chi connectivity index (χ1n) is 12.6. The quantitative estimate of drug-likeness (QED) is 0.148. The van der Waals surface area contributed by atoms with Crippen LogP contribution in [-0.4, -0.2) is 44.8 Å². The zero-order valence-corrected chi connectivity index (χ0v) is 21.3. The first-order valence-corrected chi connectivity index (χ1v) is 12.6. The molecule has 0 radical (unpaired) electrons. The standard InChI is InChI=1S/C31H25N3O6/c1-2-18-33-28(35)25-26(29(33)36)31(30(37)38,19-22-12-16-24(17-13-22)34(39)40)32-27(25)23-14-10-21(11-15-23)9-8-20-6-4-3-5-7-20/h1,3-17,25-27,32H,18-19H2,(H,37,38). The number of hydrogen-bond acceptors (Lipinski definition) is 6. The maximum atomic E-state index is 13.5. The van der Waals surface area contributed by atoms with Crippen LogP contribution in [0.25, 0.3) is 12.2 Å². The summed E-state index contributed by atoms with van der Waals surface area (Å²) >= 11 is 0. The molecule has 0 saturated carbocycles. The second kappa shape index (κ2) is 10.6. The molecular formula is C31H25N3O6. The van der Waals surface area contributed by atoms with Gasteiger partial charge >= 0.3 is 5.97 Å². The fourth-order valence-corrected chi connectivity index (χ4v) is 5.66. The minimum atomic E-state index is -1.84. The highest BCUT2D eigenvalue weighted by atomic mass is 16.6. The summed E-state index contributed by atoms with van der Waals surface area (Å²) in [6.45, 7) is -0.256. The van der Waals surface area contributed by atoms with Gasteiger partial charge in [0.05, 0.1) is 23.3 Å². The van der Waals surface area contributed by atoms with Gasteiger partial charge in [-0.3, -0.25) is 34.7 Å². The van der Waals surface area contributed by atoms with Crippen molar-refractivity contribution in [3.63, 3.8) is 0 Å². The molecule has 2 aliphatic rings. The van der Waals surface area contributed by atoms with Crippen molar-refractivity contribution in [3.8, 4) is 12.3 Å². The van der Waals surface area contributed by atoms with Crippen molar-refractivity contribution in [2.24, 2.45) is 11.8 Å². The summed E-state index contributed by atoms with van der Waals surface area (Å²) in [5, 5.41) is 24.7. The Labute approximate surface area is 230 Å². The summed E-state index contributed by atoms with van der Waals surface area (Å²) in [5.41, 5.74) is 1.08. The fraction of sp³-hybridized carbons (Fsp3) is 0.194. The number of carbonyl (C=O) groups excluding carboxylic acids is 2. The summed E-state index contributed by atoms with van der Waals surface area (Å²) in [6.07, 6.45) is 9.16. The minimum Gasteiger partial charge on any atom is -0.480 e. The van der Waals surface area contributed by atoms with Crippen molar-refractivity contribution in [1.29, 1.82) is 0 Å². The van der Waals surface area contributed by atoms with Gasteiger partial charge in [-0.1, -0.05) is 84.8 Å². The second-order valence-electron chi connectivity index (χ2n) is 9.88. The number of fused-ring (bicyclic) bond motifs is 1. The third-order valence-corrected chi connectivity index (χ3v) is 7.57. The number of carbonyl (C=O) groups is 3. The van der Waals surface area contributed by atoms with Crippen LogP contribution in [0.2, 0.25) is 0 Å². The summed E-state index contributed by atoms with van der Waals surface area (Å²) in [7, 11) is 0. The van der Waals surface area contributed by atoms with E-state index in [1.807, 2.05) is 66.7 Å². The normalized spacial score (nSPS) is 23.8. The van der Waals surface area contributed by atoms with E-state index in [0.29, 0.717) is 11.1 Å². The van der Waals surface area contributed by atoms with E-state index in [0.717, 1.165) is 16.0 Å². The number of non-ortho nitro benzene ring substituents is 1. The lowest BCUT2D eigenvalue weighted by Gasteiger charge is -2.31. The molecule has 9 nitrogen and oxygen atoms in total. The predicted molar refractivity (Wildman–Crippen MR) is 147 cm³/mol. The number of nitro groups is 1. The smallest absolute Gasteiger partial charge is 0.325 e. The van der Waals surface area contributed by atoms with Gasteiger partial charge < -0.3 is 5.11 Å². The minimum absolute atomic E-state index is 0.142. The Kier molecular flexibility index (Phi) is 7.03. The Morgan fingerprint density at radius 1 is 1.00 bits per heavy atom. The molecule has 2 aliphatic heterocycles. The van der Waals surface area contributed by atoms with E-state index in [-0.39, 0.29) is 18.7 Å². The molecule has 0 aliphatic carbocycles. The number of nitrogens with one attached hydrogen (secondary N) is 1. The number of nitrogens with zero attached hydrogens (tertiary/aromatic N) is 2. The van der Waals surface area contributed by atoms with Crippen molar-refractivity contribution < 1.29 is 24.4 Å². The highest BCUT2D eigenvalue weighted by Crippen LogP contribution is 2.50. The van der Waals surface area contributed by atoms with Gasteiger partial charge in [0.2, 0.25) is 11.8 Å².